The number of hydrogen-bond donors (Lipinski definition) is 0. The standard InChI is InChI=1S/C12H14S/c1-4-5-6-7-10(2)12-9-8-11(3)13-12/h4-9H,1H2,2-3H3/b6-5-,10-7+. The third-order valence-corrected chi connectivity index (χ3v) is 2.86. The van der Waals surface area contributed by atoms with E-state index in [1.54, 1.807) is 6.08 Å². The van der Waals surface area contributed by atoms with Gasteiger partial charge in [0, 0.05) is 9.75 Å². The van der Waals surface area contributed by atoms with Crippen LogP contribution in [-0.4, -0.2) is 0 Å². The molecule has 1 aromatic heterocycles. The van der Waals surface area contributed by atoms with Crippen molar-refractivity contribution in [3.63, 3.8) is 0 Å². The van der Waals surface area contributed by atoms with Crippen LogP contribution in [0.1, 0.15) is 16.7 Å². The summed E-state index contributed by atoms with van der Waals surface area (Å²) in [7, 11) is 0. The van der Waals surface area contributed by atoms with Crippen LogP contribution >= 0.6 is 11.3 Å². The highest BCUT2D eigenvalue weighted by atomic mass is 32.1. The van der Waals surface area contributed by atoms with Crippen LogP contribution in [0.15, 0.2) is 43.0 Å². The van der Waals surface area contributed by atoms with Gasteiger partial charge < -0.3 is 0 Å². The molecule has 0 unspecified atom stereocenters. The van der Waals surface area contributed by atoms with Crippen molar-refractivity contribution in [2.75, 3.05) is 0 Å². The highest BCUT2D eigenvalue weighted by Gasteiger charge is 1.96. The number of hydrogen-bond acceptors (Lipinski definition) is 1. The fourth-order valence-corrected chi connectivity index (χ4v) is 1.86. The average molecular weight is 190 g/mol. The van der Waals surface area contributed by atoms with Crippen LogP contribution in [0.3, 0.4) is 0 Å². The normalized spacial score (nSPS) is 12.3. The van der Waals surface area contributed by atoms with Gasteiger partial charge in [-0.2, -0.15) is 0 Å². The lowest BCUT2D eigenvalue weighted by Gasteiger charge is -1.92. The first kappa shape index (κ1) is 10.0. The molecule has 68 valence electrons. The number of allylic oxidation sites excluding steroid dienone is 5. The molecule has 1 aromatic rings. The maximum absolute atomic E-state index is 3.62. The first-order valence-electron chi connectivity index (χ1n) is 4.27. The summed E-state index contributed by atoms with van der Waals surface area (Å²) in [5, 5.41) is 0. The van der Waals surface area contributed by atoms with Gasteiger partial charge in [0.1, 0.15) is 0 Å². The molecule has 0 saturated heterocycles. The minimum absolute atomic E-state index is 1.30. The van der Waals surface area contributed by atoms with Crippen LogP contribution in [0.4, 0.5) is 0 Å². The Morgan fingerprint density at radius 1 is 1.38 bits per heavy atom. The molecule has 0 aliphatic carbocycles. The summed E-state index contributed by atoms with van der Waals surface area (Å²) >= 11 is 1.83. The monoisotopic (exact) mass is 190 g/mol. The Morgan fingerprint density at radius 2 is 2.15 bits per heavy atom. The second-order valence-corrected chi connectivity index (χ2v) is 4.17. The zero-order valence-electron chi connectivity index (χ0n) is 8.08. The Hall–Kier alpha value is -1.08. The fraction of sp³-hybridized carbons (Fsp3) is 0.167. The summed E-state index contributed by atoms with van der Waals surface area (Å²) in [6.07, 6.45) is 7.83. The molecule has 0 aliphatic heterocycles. The predicted octanol–water partition coefficient (Wildman–Crippen LogP) is 4.20. The van der Waals surface area contributed by atoms with Gasteiger partial charge in [0.25, 0.3) is 0 Å². The molecule has 1 heteroatoms. The minimum Gasteiger partial charge on any atom is -0.141 e. The Bertz CT molecular complexity index is 340. The van der Waals surface area contributed by atoms with Gasteiger partial charge >= 0.3 is 0 Å². The zero-order valence-corrected chi connectivity index (χ0v) is 8.90. The topological polar surface area (TPSA) is 0 Å². The maximum Gasteiger partial charge on any atom is 0.0302 e. The van der Waals surface area contributed by atoms with Crippen molar-refractivity contribution in [2.24, 2.45) is 0 Å². The molecule has 0 spiro atoms. The summed E-state index contributed by atoms with van der Waals surface area (Å²) in [6.45, 7) is 7.87. The minimum atomic E-state index is 1.30. The van der Waals surface area contributed by atoms with Gasteiger partial charge in [-0.05, 0) is 31.6 Å². The highest BCUT2D eigenvalue weighted by Crippen LogP contribution is 2.22. The summed E-state index contributed by atoms with van der Waals surface area (Å²) < 4.78 is 0. The van der Waals surface area contributed by atoms with Crippen molar-refractivity contribution in [1.29, 1.82) is 0 Å². The smallest absolute Gasteiger partial charge is 0.0302 e. The molecular formula is C12H14S. The van der Waals surface area contributed by atoms with E-state index in [9.17, 15) is 0 Å². The molecule has 0 N–H and O–H groups in total. The number of aryl methyl sites for hydroxylation is 1. The maximum atomic E-state index is 3.62. The summed E-state index contributed by atoms with van der Waals surface area (Å²) in [5.41, 5.74) is 1.30. The molecule has 1 heterocycles. The van der Waals surface area contributed by atoms with E-state index in [1.165, 1.54) is 15.3 Å². The lowest BCUT2D eigenvalue weighted by Crippen LogP contribution is -1.68. The van der Waals surface area contributed by atoms with Crippen molar-refractivity contribution in [2.45, 2.75) is 13.8 Å². The molecule has 0 bridgehead atoms. The van der Waals surface area contributed by atoms with E-state index in [1.807, 2.05) is 23.5 Å². The van der Waals surface area contributed by atoms with Crippen molar-refractivity contribution in [3.8, 4) is 0 Å². The van der Waals surface area contributed by atoms with Crippen molar-refractivity contribution >= 4 is 16.9 Å². The quantitative estimate of drug-likeness (QED) is 0.626. The van der Waals surface area contributed by atoms with Gasteiger partial charge in [-0.25, -0.2) is 0 Å². The Labute approximate surface area is 83.9 Å². The average Bonchev–Trinajstić information content (AvgIpc) is 2.52. The first-order chi connectivity index (χ1) is 6.24. The van der Waals surface area contributed by atoms with E-state index < -0.39 is 0 Å². The zero-order chi connectivity index (χ0) is 9.68. The molecule has 13 heavy (non-hydrogen) atoms. The molecule has 0 saturated carbocycles. The van der Waals surface area contributed by atoms with Crippen molar-refractivity contribution in [1.82, 2.24) is 0 Å². The van der Waals surface area contributed by atoms with Gasteiger partial charge in [0.15, 0.2) is 0 Å². The van der Waals surface area contributed by atoms with Crippen LogP contribution < -0.4 is 0 Å². The Balaban J connectivity index is 2.78. The van der Waals surface area contributed by atoms with Crippen molar-refractivity contribution < 1.29 is 0 Å². The summed E-state index contributed by atoms with van der Waals surface area (Å²) in [5.74, 6) is 0. The fourth-order valence-electron chi connectivity index (χ4n) is 1.01. The van der Waals surface area contributed by atoms with E-state index in [0.29, 0.717) is 0 Å². The van der Waals surface area contributed by atoms with Gasteiger partial charge in [-0.3, -0.25) is 0 Å². The molecular weight excluding hydrogens is 176 g/mol. The first-order valence-corrected chi connectivity index (χ1v) is 5.08. The summed E-state index contributed by atoms with van der Waals surface area (Å²) in [6, 6.07) is 4.31. The number of thiophene rings is 1. The number of rotatable bonds is 3. The van der Waals surface area contributed by atoms with Crippen LogP contribution in [0.25, 0.3) is 5.57 Å². The molecule has 0 nitrogen and oxygen atoms in total. The van der Waals surface area contributed by atoms with Crippen LogP contribution in [0.2, 0.25) is 0 Å². The Kier molecular flexibility index (Phi) is 3.71. The summed E-state index contributed by atoms with van der Waals surface area (Å²) in [4.78, 5) is 2.70. The third kappa shape index (κ3) is 3.03. The lowest BCUT2D eigenvalue weighted by atomic mass is 10.2. The van der Waals surface area contributed by atoms with Crippen LogP contribution in [0, 0.1) is 6.92 Å². The van der Waals surface area contributed by atoms with Gasteiger partial charge in [-0.1, -0.05) is 30.9 Å². The molecule has 0 aromatic carbocycles. The molecule has 0 radical (unpaired) electrons. The molecule has 0 aliphatic rings. The van der Waals surface area contributed by atoms with E-state index in [-0.39, 0.29) is 0 Å². The van der Waals surface area contributed by atoms with E-state index in [0.717, 1.165) is 0 Å². The van der Waals surface area contributed by atoms with E-state index in [4.69, 9.17) is 0 Å². The largest absolute Gasteiger partial charge is 0.141 e. The van der Waals surface area contributed by atoms with Crippen LogP contribution in [0.5, 0.6) is 0 Å². The van der Waals surface area contributed by atoms with E-state index in [2.05, 4.69) is 38.6 Å². The van der Waals surface area contributed by atoms with Gasteiger partial charge in [0.2, 0.25) is 0 Å². The third-order valence-electron chi connectivity index (χ3n) is 1.72. The van der Waals surface area contributed by atoms with Gasteiger partial charge in [0.05, 0.1) is 0 Å². The van der Waals surface area contributed by atoms with Crippen LogP contribution in [-0.2, 0) is 0 Å². The van der Waals surface area contributed by atoms with Crippen molar-refractivity contribution in [3.05, 3.63) is 52.8 Å². The second kappa shape index (κ2) is 4.83. The molecule has 1 rings (SSSR count). The Morgan fingerprint density at radius 3 is 2.69 bits per heavy atom. The molecule has 0 amide bonds. The predicted molar refractivity (Wildman–Crippen MR) is 62.0 cm³/mol. The molecule has 0 atom stereocenters. The SMILES string of the molecule is C=C/C=C\C=C(/C)c1ccc(C)s1. The highest BCUT2D eigenvalue weighted by molar-refractivity contribution is 7.13. The van der Waals surface area contributed by atoms with Gasteiger partial charge in [-0.15, -0.1) is 11.3 Å². The molecule has 0 fully saturated rings. The van der Waals surface area contributed by atoms with E-state index >= 15 is 0 Å². The lowest BCUT2D eigenvalue weighted by molar-refractivity contribution is 1.64. The second-order valence-electron chi connectivity index (χ2n) is 2.88.